The summed E-state index contributed by atoms with van der Waals surface area (Å²) in [5.74, 6) is 1.41. The highest BCUT2D eigenvalue weighted by Gasteiger charge is 2.20. The molecule has 0 aliphatic rings. The van der Waals surface area contributed by atoms with Crippen LogP contribution in [0.4, 0.5) is 0 Å². The molecule has 0 aliphatic carbocycles. The normalized spacial score (nSPS) is 11.6. The average molecular weight is 655 g/mol. The second kappa shape index (κ2) is 14.9. The Morgan fingerprint density at radius 3 is 0.780 bits per heavy atom. The first-order chi connectivity index (χ1) is 24.0. The second-order valence-corrected chi connectivity index (χ2v) is 14.9. The van der Waals surface area contributed by atoms with Gasteiger partial charge in [0.2, 0.25) is 0 Å². The molecule has 1 heteroatoms. The summed E-state index contributed by atoms with van der Waals surface area (Å²) in [4.78, 5) is 15.1. The lowest BCUT2D eigenvalue weighted by Gasteiger charge is -2.19. The maximum Gasteiger partial charge on any atom is 0.193 e. The lowest BCUT2D eigenvalue weighted by molar-refractivity contribution is 0.103. The van der Waals surface area contributed by atoms with Crippen LogP contribution in [0.5, 0.6) is 0 Å². The number of rotatable bonds is 10. The molecule has 1 nitrogen and oxygen atoms in total. The molecule has 6 aromatic carbocycles. The predicted octanol–water partition coefficient (Wildman–Crippen LogP) is 14.1. The fourth-order valence-corrected chi connectivity index (χ4v) is 7.36. The van der Waals surface area contributed by atoms with E-state index in [1.807, 2.05) is 0 Å². The van der Waals surface area contributed by atoms with E-state index < -0.39 is 0 Å². The van der Waals surface area contributed by atoms with Gasteiger partial charge >= 0.3 is 0 Å². The third-order valence-corrected chi connectivity index (χ3v) is 9.97. The lowest BCUT2D eigenvalue weighted by Crippen LogP contribution is -2.05. The zero-order valence-corrected chi connectivity index (χ0v) is 30.9. The molecule has 6 aromatic rings. The molecule has 0 aliphatic heterocycles. The Hall–Kier alpha value is -5.01. The Morgan fingerprint density at radius 2 is 0.560 bits per heavy atom. The molecule has 6 rings (SSSR count). The van der Waals surface area contributed by atoms with Crippen molar-refractivity contribution in [3.05, 3.63) is 167 Å². The summed E-state index contributed by atoms with van der Waals surface area (Å²) in [6.07, 6.45) is 0. The first kappa shape index (κ1) is 34.8. The number of ketones is 1. The summed E-state index contributed by atoms with van der Waals surface area (Å²) in [5.41, 5.74) is 15.5. The van der Waals surface area contributed by atoms with Gasteiger partial charge in [-0.25, -0.2) is 0 Å². The van der Waals surface area contributed by atoms with Gasteiger partial charge < -0.3 is 0 Å². The molecule has 50 heavy (non-hydrogen) atoms. The van der Waals surface area contributed by atoms with Crippen LogP contribution in [0.25, 0.3) is 44.5 Å². The Labute approximate surface area is 300 Å². The van der Waals surface area contributed by atoms with E-state index >= 15 is 4.79 Å². The minimum Gasteiger partial charge on any atom is -0.289 e. The molecule has 0 N–H and O–H groups in total. The van der Waals surface area contributed by atoms with Gasteiger partial charge in [0.1, 0.15) is 0 Å². The lowest BCUT2D eigenvalue weighted by atomic mass is 9.84. The summed E-state index contributed by atoms with van der Waals surface area (Å²) >= 11 is 0. The SMILES string of the molecule is CC(C)c1ccccc1-c1cc(C(=O)c2cc(-c3ccccc3C(C)C)cc(-c3ccccc3C(C)C)c2)cc(-c2ccccc2C(C)C)c1. The van der Waals surface area contributed by atoms with Crippen molar-refractivity contribution >= 4 is 5.78 Å². The number of carbonyl (C=O) groups is 1. The van der Waals surface area contributed by atoms with Crippen molar-refractivity contribution in [2.45, 2.75) is 79.1 Å². The van der Waals surface area contributed by atoms with Gasteiger partial charge in [-0.3, -0.25) is 4.79 Å². The van der Waals surface area contributed by atoms with Crippen LogP contribution in [0.3, 0.4) is 0 Å². The molecule has 0 spiro atoms. The maximum atomic E-state index is 15.1. The van der Waals surface area contributed by atoms with Gasteiger partial charge in [-0.05, 0) is 127 Å². The second-order valence-electron chi connectivity index (χ2n) is 14.9. The van der Waals surface area contributed by atoms with Crippen LogP contribution in [0, 0.1) is 0 Å². The van der Waals surface area contributed by atoms with E-state index in [-0.39, 0.29) is 5.78 Å². The van der Waals surface area contributed by atoms with Crippen LogP contribution in [-0.4, -0.2) is 5.78 Å². The number of benzene rings is 6. The predicted molar refractivity (Wildman–Crippen MR) is 214 cm³/mol. The maximum absolute atomic E-state index is 15.1. The summed E-state index contributed by atoms with van der Waals surface area (Å²) in [7, 11) is 0. The third kappa shape index (κ3) is 7.15. The molecule has 252 valence electrons. The quantitative estimate of drug-likeness (QED) is 0.134. The van der Waals surface area contributed by atoms with Crippen LogP contribution in [-0.2, 0) is 0 Å². The summed E-state index contributed by atoms with van der Waals surface area (Å²) in [5, 5.41) is 0. The van der Waals surface area contributed by atoms with Gasteiger partial charge in [0, 0.05) is 11.1 Å². The number of hydrogen-bond acceptors (Lipinski definition) is 1. The van der Waals surface area contributed by atoms with Gasteiger partial charge in [0.25, 0.3) is 0 Å². The number of carbonyl (C=O) groups excluding carboxylic acids is 1. The molecule has 0 amide bonds. The largest absolute Gasteiger partial charge is 0.289 e. The van der Waals surface area contributed by atoms with Crippen molar-refractivity contribution < 1.29 is 4.79 Å². The van der Waals surface area contributed by atoms with E-state index in [1.54, 1.807) is 0 Å². The van der Waals surface area contributed by atoms with Crippen molar-refractivity contribution in [2.24, 2.45) is 0 Å². The molecular formula is C49H50O. The van der Waals surface area contributed by atoms with E-state index in [0.717, 1.165) is 22.3 Å². The molecule has 0 atom stereocenters. The first-order valence-corrected chi connectivity index (χ1v) is 18.3. The molecule has 0 aromatic heterocycles. The van der Waals surface area contributed by atoms with Crippen LogP contribution >= 0.6 is 0 Å². The van der Waals surface area contributed by atoms with Gasteiger partial charge in [0.15, 0.2) is 5.78 Å². The smallest absolute Gasteiger partial charge is 0.193 e. The molecule has 0 heterocycles. The number of hydrogen-bond donors (Lipinski definition) is 0. The Kier molecular flexibility index (Phi) is 10.3. The van der Waals surface area contributed by atoms with E-state index in [4.69, 9.17) is 0 Å². The summed E-state index contributed by atoms with van der Waals surface area (Å²) in [6, 6.07) is 47.5. The van der Waals surface area contributed by atoms with Crippen LogP contribution in [0.2, 0.25) is 0 Å². The van der Waals surface area contributed by atoms with E-state index in [2.05, 4.69) is 189 Å². The summed E-state index contributed by atoms with van der Waals surface area (Å²) < 4.78 is 0. The molecule has 0 saturated heterocycles. The van der Waals surface area contributed by atoms with Crippen molar-refractivity contribution in [3.63, 3.8) is 0 Å². The molecule has 0 unspecified atom stereocenters. The third-order valence-electron chi connectivity index (χ3n) is 9.97. The molecule has 0 saturated carbocycles. The fourth-order valence-electron chi connectivity index (χ4n) is 7.36. The highest BCUT2D eigenvalue weighted by atomic mass is 16.1. The van der Waals surface area contributed by atoms with Crippen LogP contribution in [0.1, 0.15) is 117 Å². The molecule has 0 bridgehead atoms. The first-order valence-electron chi connectivity index (χ1n) is 18.3. The Morgan fingerprint density at radius 1 is 0.340 bits per heavy atom. The van der Waals surface area contributed by atoms with E-state index in [1.165, 1.54) is 44.5 Å². The van der Waals surface area contributed by atoms with Crippen LogP contribution in [0.15, 0.2) is 133 Å². The Bertz CT molecular complexity index is 1850. The topological polar surface area (TPSA) is 17.1 Å². The molecule has 0 fully saturated rings. The zero-order chi connectivity index (χ0) is 35.5. The van der Waals surface area contributed by atoms with E-state index in [9.17, 15) is 0 Å². The highest BCUT2D eigenvalue weighted by Crippen LogP contribution is 2.39. The van der Waals surface area contributed by atoms with Crippen molar-refractivity contribution in [1.82, 2.24) is 0 Å². The fraction of sp³-hybridized carbons (Fsp3) is 0.245. The average Bonchev–Trinajstić information content (AvgIpc) is 3.14. The molecule has 0 radical (unpaired) electrons. The van der Waals surface area contributed by atoms with Crippen molar-refractivity contribution in [1.29, 1.82) is 0 Å². The zero-order valence-electron chi connectivity index (χ0n) is 30.9. The van der Waals surface area contributed by atoms with Gasteiger partial charge in [-0.15, -0.1) is 0 Å². The highest BCUT2D eigenvalue weighted by molar-refractivity contribution is 6.11. The van der Waals surface area contributed by atoms with Gasteiger partial charge in [-0.1, -0.05) is 152 Å². The molecular weight excluding hydrogens is 605 g/mol. The van der Waals surface area contributed by atoms with E-state index in [0.29, 0.717) is 34.8 Å². The van der Waals surface area contributed by atoms with Crippen molar-refractivity contribution in [3.8, 4) is 44.5 Å². The van der Waals surface area contributed by atoms with Gasteiger partial charge in [-0.2, -0.15) is 0 Å². The Balaban J connectivity index is 1.61. The van der Waals surface area contributed by atoms with Crippen LogP contribution < -0.4 is 0 Å². The monoisotopic (exact) mass is 654 g/mol. The standard InChI is InChI=1S/C49H50O/c1-31(2)41-17-9-13-21-45(41)35-25-36(46-22-14-10-18-42(46)32(3)4)28-39(27-35)49(50)40-29-37(47-23-15-11-19-43(47)33(5)6)26-38(30-40)48-24-16-12-20-44(48)34(7)8/h9-34H,1-8H3. The summed E-state index contributed by atoms with van der Waals surface area (Å²) in [6.45, 7) is 17.9. The van der Waals surface area contributed by atoms with Gasteiger partial charge in [0.05, 0.1) is 0 Å². The van der Waals surface area contributed by atoms with Crippen molar-refractivity contribution in [2.75, 3.05) is 0 Å². The minimum atomic E-state index is 0.0318. The minimum absolute atomic E-state index is 0.0318.